The highest BCUT2D eigenvalue weighted by Crippen LogP contribution is 2.66. The van der Waals surface area contributed by atoms with Gasteiger partial charge in [-0.1, -0.05) is 20.8 Å². The van der Waals surface area contributed by atoms with Crippen LogP contribution in [0, 0.1) is 46.3 Å². The Morgan fingerprint density at radius 1 is 1.02 bits per heavy atom. The van der Waals surface area contributed by atoms with Gasteiger partial charge in [-0.2, -0.15) is 17.2 Å². The molecule has 0 amide bonds. The Balaban J connectivity index is 1.26. The van der Waals surface area contributed by atoms with Crippen molar-refractivity contribution in [2.24, 2.45) is 46.3 Å². The third-order valence-electron chi connectivity index (χ3n) is 11.6. The molecule has 0 spiro atoms. The van der Waals surface area contributed by atoms with Crippen LogP contribution in [-0.4, -0.2) is 60.2 Å². The number of alkyl halides is 2. The van der Waals surface area contributed by atoms with Crippen LogP contribution in [0.5, 0.6) is 0 Å². The zero-order chi connectivity index (χ0) is 32.8. The third-order valence-corrected chi connectivity index (χ3v) is 12.6. The number of ketones is 3. The van der Waals surface area contributed by atoms with Crippen LogP contribution in [0.3, 0.4) is 0 Å². The molecule has 1 N–H and O–H groups in total. The summed E-state index contributed by atoms with van der Waals surface area (Å²) in [6.07, 6.45) is 1.69. The fourth-order valence-electron chi connectivity index (χ4n) is 8.95. The molecular formula is C31H44F2O10S. The minimum atomic E-state index is -5.76. The lowest BCUT2D eigenvalue weighted by Crippen LogP contribution is -2.60. The maximum absolute atomic E-state index is 13.9. The number of Topliss-reactive ketones (excluding diaryl/α,β-unsaturated/α-hetero) is 3. The second-order valence-electron chi connectivity index (χ2n) is 14.0. The van der Waals surface area contributed by atoms with Crippen LogP contribution in [0.2, 0.25) is 0 Å². The summed E-state index contributed by atoms with van der Waals surface area (Å²) in [4.78, 5) is 63.8. The first-order chi connectivity index (χ1) is 20.3. The van der Waals surface area contributed by atoms with Crippen LogP contribution in [0.1, 0.15) is 98.3 Å². The normalized spacial score (nSPS) is 35.2. The highest BCUT2D eigenvalue weighted by molar-refractivity contribution is 7.86. The van der Waals surface area contributed by atoms with Crippen LogP contribution in [0.25, 0.3) is 0 Å². The molecule has 0 aromatic heterocycles. The van der Waals surface area contributed by atoms with Crippen LogP contribution < -0.4 is 0 Å². The van der Waals surface area contributed by atoms with Crippen molar-refractivity contribution in [2.45, 2.75) is 110 Å². The topological polar surface area (TPSA) is 158 Å². The van der Waals surface area contributed by atoms with Crippen molar-refractivity contribution < 1.29 is 55.2 Å². The second-order valence-corrected chi connectivity index (χ2v) is 15.5. The van der Waals surface area contributed by atoms with Crippen molar-refractivity contribution in [1.29, 1.82) is 0 Å². The molecule has 4 aliphatic carbocycles. The highest BCUT2D eigenvalue weighted by Gasteiger charge is 2.66. The van der Waals surface area contributed by atoms with E-state index < -0.39 is 45.3 Å². The molecule has 0 heterocycles. The van der Waals surface area contributed by atoms with Gasteiger partial charge in [-0.25, -0.2) is 0 Å². The fourth-order valence-corrected chi connectivity index (χ4v) is 9.41. The van der Waals surface area contributed by atoms with Crippen LogP contribution in [0.4, 0.5) is 8.78 Å². The summed E-state index contributed by atoms with van der Waals surface area (Å²) < 4.78 is 66.7. The predicted octanol–water partition coefficient (Wildman–Crippen LogP) is 4.72. The van der Waals surface area contributed by atoms with E-state index in [-0.39, 0.29) is 77.7 Å². The standard InChI is InChI=1S/C31H44F2O10S/c1-17(7-10-26(37)42-13-5-6-27(38)43-18(2)31(32,33)44(39,40)41)21-8-9-22-28-23(16-25(36)30(21,22)4)29(3)12-11-20(34)14-19(29)15-24(28)35/h17-19,21-23,28H,5-16H2,1-4H3,(H,39,40,41). The van der Waals surface area contributed by atoms with Crippen LogP contribution in [-0.2, 0) is 43.6 Å². The number of hydrogen-bond donors (Lipinski definition) is 1. The average molecular weight is 647 g/mol. The second kappa shape index (κ2) is 12.5. The van der Waals surface area contributed by atoms with Gasteiger partial charge in [0.1, 0.15) is 17.3 Å². The number of carbonyl (C=O) groups excluding carboxylic acids is 5. The third kappa shape index (κ3) is 6.24. The molecule has 9 atom stereocenters. The predicted molar refractivity (Wildman–Crippen MR) is 152 cm³/mol. The summed E-state index contributed by atoms with van der Waals surface area (Å²) in [6, 6.07) is 0. The number of fused-ring (bicyclic) bond motifs is 5. The molecule has 0 aromatic carbocycles. The van der Waals surface area contributed by atoms with Crippen molar-refractivity contribution in [3.8, 4) is 0 Å². The van der Waals surface area contributed by atoms with Gasteiger partial charge in [0.15, 0.2) is 6.10 Å². The number of halogens is 2. The van der Waals surface area contributed by atoms with Gasteiger partial charge in [0.2, 0.25) is 0 Å². The number of hydrogen-bond acceptors (Lipinski definition) is 9. The summed E-state index contributed by atoms with van der Waals surface area (Å²) in [5.41, 5.74) is -0.839. The Hall–Kier alpha value is -2.28. The maximum atomic E-state index is 13.9. The van der Waals surface area contributed by atoms with E-state index in [9.17, 15) is 41.2 Å². The molecule has 44 heavy (non-hydrogen) atoms. The summed E-state index contributed by atoms with van der Waals surface area (Å²) in [5.74, 6) is -1.29. The van der Waals surface area contributed by atoms with E-state index in [1.165, 1.54) is 0 Å². The van der Waals surface area contributed by atoms with Gasteiger partial charge >= 0.3 is 27.3 Å². The Morgan fingerprint density at radius 2 is 1.70 bits per heavy atom. The molecule has 0 aromatic rings. The van der Waals surface area contributed by atoms with E-state index >= 15 is 0 Å². The van der Waals surface area contributed by atoms with Gasteiger partial charge < -0.3 is 9.47 Å². The Labute approximate surface area is 257 Å². The zero-order valence-corrected chi connectivity index (χ0v) is 26.6. The van der Waals surface area contributed by atoms with Crippen molar-refractivity contribution in [3.05, 3.63) is 0 Å². The molecule has 0 saturated heterocycles. The number of carbonyl (C=O) groups is 5. The number of ether oxygens (including phenoxy) is 2. The first kappa shape index (κ1) is 34.6. The smallest absolute Gasteiger partial charge is 0.405 e. The number of esters is 2. The lowest BCUT2D eigenvalue weighted by Gasteiger charge is -2.58. The molecule has 4 saturated carbocycles. The van der Waals surface area contributed by atoms with Gasteiger partial charge in [0.05, 0.1) is 6.61 Å². The van der Waals surface area contributed by atoms with Gasteiger partial charge in [-0.05, 0) is 74.0 Å². The molecule has 0 radical (unpaired) electrons. The largest absolute Gasteiger partial charge is 0.466 e. The van der Waals surface area contributed by atoms with Crippen molar-refractivity contribution in [1.82, 2.24) is 0 Å². The Bertz CT molecular complexity index is 1300. The molecular weight excluding hydrogens is 602 g/mol. The molecule has 248 valence electrons. The van der Waals surface area contributed by atoms with E-state index in [0.29, 0.717) is 39.0 Å². The molecule has 0 bridgehead atoms. The first-order valence-electron chi connectivity index (χ1n) is 15.6. The summed E-state index contributed by atoms with van der Waals surface area (Å²) >= 11 is 0. The molecule has 4 fully saturated rings. The lowest BCUT2D eigenvalue weighted by atomic mass is 9.44. The Morgan fingerprint density at radius 3 is 2.36 bits per heavy atom. The minimum Gasteiger partial charge on any atom is -0.466 e. The lowest BCUT2D eigenvalue weighted by molar-refractivity contribution is -0.166. The van der Waals surface area contributed by atoms with E-state index in [1.807, 2.05) is 13.8 Å². The van der Waals surface area contributed by atoms with Crippen LogP contribution >= 0.6 is 0 Å². The molecule has 0 aliphatic heterocycles. The highest BCUT2D eigenvalue weighted by atomic mass is 32.2. The first-order valence-corrected chi connectivity index (χ1v) is 17.1. The molecule has 4 rings (SSSR count). The fraction of sp³-hybridized carbons (Fsp3) is 0.839. The number of rotatable bonds is 11. The van der Waals surface area contributed by atoms with Crippen molar-refractivity contribution >= 4 is 39.4 Å². The van der Waals surface area contributed by atoms with Crippen LogP contribution in [0.15, 0.2) is 0 Å². The summed E-state index contributed by atoms with van der Waals surface area (Å²) in [5, 5.41) is -4.66. The Kier molecular flexibility index (Phi) is 9.82. The molecule has 10 nitrogen and oxygen atoms in total. The van der Waals surface area contributed by atoms with Gasteiger partial charge in [-0.15, -0.1) is 0 Å². The summed E-state index contributed by atoms with van der Waals surface area (Å²) in [7, 11) is -5.76. The SMILES string of the molecule is CC(CCC(=O)OCCCC(=O)OC(C)C(F)(F)S(=O)(=O)O)C1CCC2C3C(=O)CC4CC(=O)CCC4(C)C3CC(=O)C12C. The van der Waals surface area contributed by atoms with E-state index in [0.717, 1.165) is 19.3 Å². The zero-order valence-electron chi connectivity index (χ0n) is 25.8. The minimum absolute atomic E-state index is 0.00770. The van der Waals surface area contributed by atoms with Crippen molar-refractivity contribution in [3.63, 3.8) is 0 Å². The van der Waals surface area contributed by atoms with E-state index in [4.69, 9.17) is 9.29 Å². The molecule has 4 aliphatic rings. The van der Waals surface area contributed by atoms with E-state index in [2.05, 4.69) is 11.7 Å². The van der Waals surface area contributed by atoms with Gasteiger partial charge in [-0.3, -0.25) is 28.5 Å². The quantitative estimate of drug-likeness (QED) is 0.189. The van der Waals surface area contributed by atoms with Gasteiger partial charge in [0.25, 0.3) is 0 Å². The molecule has 13 heteroatoms. The summed E-state index contributed by atoms with van der Waals surface area (Å²) in [6.45, 7) is 6.65. The monoisotopic (exact) mass is 646 g/mol. The van der Waals surface area contributed by atoms with Crippen molar-refractivity contribution in [2.75, 3.05) is 6.61 Å². The molecule has 9 unspecified atom stereocenters. The average Bonchev–Trinajstić information content (AvgIpc) is 3.29. The van der Waals surface area contributed by atoms with Gasteiger partial charge in [0, 0.05) is 49.9 Å². The van der Waals surface area contributed by atoms with E-state index in [1.54, 1.807) is 0 Å². The maximum Gasteiger partial charge on any atom is 0.405 e.